The number of carbonyl (C=O) groups is 2. The molecule has 1 aromatic heterocycles. The molecule has 6 heteroatoms. The van der Waals surface area contributed by atoms with Crippen LogP contribution in [0.15, 0.2) is 48.8 Å². The summed E-state index contributed by atoms with van der Waals surface area (Å²) in [7, 11) is 0. The van der Waals surface area contributed by atoms with Crippen molar-refractivity contribution in [2.75, 3.05) is 18.0 Å². The number of nitrogens with zero attached hydrogens (tertiary/aromatic N) is 2. The maximum Gasteiger partial charge on any atom is 0.338 e. The number of esters is 1. The van der Waals surface area contributed by atoms with Crippen LogP contribution in [-0.2, 0) is 4.74 Å². The summed E-state index contributed by atoms with van der Waals surface area (Å²) in [6.45, 7) is 3.05. The van der Waals surface area contributed by atoms with E-state index in [-0.39, 0.29) is 12.1 Å². The summed E-state index contributed by atoms with van der Waals surface area (Å²) in [5.74, 6) is 5.57. The van der Waals surface area contributed by atoms with E-state index in [9.17, 15) is 9.59 Å². The molecule has 1 atom stereocenters. The fraction of sp³-hybridized carbons (Fsp3) is 0.250. The van der Waals surface area contributed by atoms with Crippen molar-refractivity contribution in [1.82, 2.24) is 10.3 Å². The molecule has 1 aliphatic heterocycles. The van der Waals surface area contributed by atoms with E-state index in [2.05, 4.69) is 22.1 Å². The Labute approximate surface area is 152 Å². The van der Waals surface area contributed by atoms with Gasteiger partial charge < -0.3 is 10.1 Å². The fourth-order valence-corrected chi connectivity index (χ4v) is 2.52. The average Bonchev–Trinajstić information content (AvgIpc) is 3.08. The van der Waals surface area contributed by atoms with Crippen LogP contribution < -0.4 is 10.2 Å². The summed E-state index contributed by atoms with van der Waals surface area (Å²) >= 11 is 0. The predicted molar refractivity (Wildman–Crippen MR) is 97.8 cm³/mol. The van der Waals surface area contributed by atoms with Gasteiger partial charge in [0.25, 0.3) is 0 Å². The van der Waals surface area contributed by atoms with E-state index >= 15 is 0 Å². The van der Waals surface area contributed by atoms with Crippen LogP contribution in [0.25, 0.3) is 0 Å². The number of anilines is 1. The lowest BCUT2D eigenvalue weighted by atomic mass is 10.2. The maximum absolute atomic E-state index is 12.2. The number of rotatable bonds is 4. The molecule has 0 bridgehead atoms. The van der Waals surface area contributed by atoms with Crippen LogP contribution >= 0.6 is 0 Å². The summed E-state index contributed by atoms with van der Waals surface area (Å²) in [4.78, 5) is 29.5. The van der Waals surface area contributed by atoms with Gasteiger partial charge in [-0.05, 0) is 43.3 Å². The highest BCUT2D eigenvalue weighted by atomic mass is 16.5. The first kappa shape index (κ1) is 17.5. The molecule has 1 aliphatic rings. The lowest BCUT2D eigenvalue weighted by Crippen LogP contribution is -2.27. The lowest BCUT2D eigenvalue weighted by molar-refractivity contribution is 0.0352. The summed E-state index contributed by atoms with van der Waals surface area (Å²) < 4.78 is 5.41. The summed E-state index contributed by atoms with van der Waals surface area (Å²) in [6.07, 6.45) is 3.49. The number of hydrogen-bond acceptors (Lipinski definition) is 4. The quantitative estimate of drug-likeness (QED) is 0.680. The number of pyridine rings is 1. The average molecular weight is 349 g/mol. The zero-order valence-electron chi connectivity index (χ0n) is 14.4. The number of nitrogens with one attached hydrogen (secondary N) is 1. The van der Waals surface area contributed by atoms with Crippen molar-refractivity contribution >= 4 is 17.7 Å². The second kappa shape index (κ2) is 8.17. The zero-order valence-corrected chi connectivity index (χ0v) is 14.4. The van der Waals surface area contributed by atoms with E-state index in [1.54, 1.807) is 48.5 Å². The van der Waals surface area contributed by atoms with Gasteiger partial charge in [0, 0.05) is 43.2 Å². The Hall–Kier alpha value is -3.33. The molecule has 1 N–H and O–H groups in total. The van der Waals surface area contributed by atoms with Crippen molar-refractivity contribution in [3.63, 3.8) is 0 Å². The van der Waals surface area contributed by atoms with Gasteiger partial charge in [0.1, 0.15) is 6.10 Å². The Balaban J connectivity index is 1.54. The van der Waals surface area contributed by atoms with Crippen LogP contribution in [0, 0.1) is 11.8 Å². The molecule has 1 aromatic carbocycles. The highest BCUT2D eigenvalue weighted by molar-refractivity contribution is 5.95. The lowest BCUT2D eigenvalue weighted by Gasteiger charge is -2.15. The van der Waals surface area contributed by atoms with Crippen LogP contribution in [0.3, 0.4) is 0 Å². The van der Waals surface area contributed by atoms with E-state index in [1.807, 2.05) is 12.1 Å². The Bertz CT molecular complexity index is 838. The van der Waals surface area contributed by atoms with Crippen LogP contribution in [0.2, 0.25) is 0 Å². The summed E-state index contributed by atoms with van der Waals surface area (Å²) in [5, 5.41) is 2.74. The minimum absolute atomic E-state index is 0.124. The molecule has 132 valence electrons. The fourth-order valence-electron chi connectivity index (χ4n) is 2.52. The van der Waals surface area contributed by atoms with Gasteiger partial charge in [-0.1, -0.05) is 11.8 Å². The van der Waals surface area contributed by atoms with Gasteiger partial charge in [0.15, 0.2) is 0 Å². The highest BCUT2D eigenvalue weighted by Crippen LogP contribution is 2.18. The van der Waals surface area contributed by atoms with E-state index in [0.29, 0.717) is 25.1 Å². The largest absolute Gasteiger partial charge is 0.458 e. The smallest absolute Gasteiger partial charge is 0.338 e. The molecule has 2 aromatic rings. The van der Waals surface area contributed by atoms with Crippen LogP contribution in [-0.4, -0.2) is 36.2 Å². The third-order valence-corrected chi connectivity index (χ3v) is 3.86. The minimum atomic E-state index is -0.405. The molecule has 6 nitrogen and oxygen atoms in total. The molecular weight excluding hydrogens is 330 g/mol. The van der Waals surface area contributed by atoms with E-state index in [4.69, 9.17) is 4.74 Å². The normalized spacial score (nSPS) is 14.2. The molecule has 26 heavy (non-hydrogen) atoms. The highest BCUT2D eigenvalue weighted by Gasteiger charge is 2.21. The van der Waals surface area contributed by atoms with Gasteiger partial charge in [-0.25, -0.2) is 9.59 Å². The second-order valence-corrected chi connectivity index (χ2v) is 5.89. The first-order chi connectivity index (χ1) is 12.6. The number of aromatic nitrogens is 1. The molecule has 1 unspecified atom stereocenters. The van der Waals surface area contributed by atoms with Gasteiger partial charge in [-0.2, -0.15) is 0 Å². The van der Waals surface area contributed by atoms with Crippen molar-refractivity contribution in [2.24, 2.45) is 0 Å². The third-order valence-electron chi connectivity index (χ3n) is 3.86. The van der Waals surface area contributed by atoms with Gasteiger partial charge in [-0.15, -0.1) is 0 Å². The van der Waals surface area contributed by atoms with Crippen molar-refractivity contribution in [3.05, 3.63) is 59.9 Å². The molecule has 2 amide bonds. The van der Waals surface area contributed by atoms with Crippen LogP contribution in [0.4, 0.5) is 10.5 Å². The first-order valence-corrected chi connectivity index (χ1v) is 8.39. The number of amides is 2. The molecule has 1 fully saturated rings. The van der Waals surface area contributed by atoms with Gasteiger partial charge in [0.2, 0.25) is 0 Å². The minimum Gasteiger partial charge on any atom is -0.458 e. The number of carbonyl (C=O) groups excluding carboxylic acids is 2. The Kier molecular flexibility index (Phi) is 5.49. The van der Waals surface area contributed by atoms with Crippen molar-refractivity contribution in [3.8, 4) is 11.8 Å². The zero-order chi connectivity index (χ0) is 18.4. The molecule has 0 saturated carbocycles. The Morgan fingerprint density at radius 3 is 2.81 bits per heavy atom. The Morgan fingerprint density at radius 2 is 2.15 bits per heavy atom. The topological polar surface area (TPSA) is 71.5 Å². The Morgan fingerprint density at radius 1 is 1.35 bits per heavy atom. The molecule has 3 rings (SSSR count). The SMILES string of the molecule is CC(CC#Cc1cccnc1)OC(=O)c1ccc(N2CCNC2=O)cc1. The van der Waals surface area contributed by atoms with Gasteiger partial charge >= 0.3 is 12.0 Å². The number of benzene rings is 1. The first-order valence-electron chi connectivity index (χ1n) is 8.39. The van der Waals surface area contributed by atoms with Crippen LogP contribution in [0.5, 0.6) is 0 Å². The summed E-state index contributed by atoms with van der Waals surface area (Å²) in [6, 6.07) is 10.4. The van der Waals surface area contributed by atoms with Gasteiger partial charge in [-0.3, -0.25) is 9.88 Å². The molecule has 1 saturated heterocycles. The number of urea groups is 1. The molecule has 2 heterocycles. The van der Waals surface area contributed by atoms with E-state index < -0.39 is 5.97 Å². The third kappa shape index (κ3) is 4.39. The van der Waals surface area contributed by atoms with Crippen LogP contribution in [0.1, 0.15) is 29.3 Å². The van der Waals surface area contributed by atoms with Crippen molar-refractivity contribution in [1.29, 1.82) is 0 Å². The second-order valence-electron chi connectivity index (χ2n) is 5.89. The predicted octanol–water partition coefficient (Wildman–Crippen LogP) is 2.60. The number of ether oxygens (including phenoxy) is 1. The molecule has 0 aliphatic carbocycles. The van der Waals surface area contributed by atoms with E-state index in [1.165, 1.54) is 0 Å². The standard InChI is InChI=1S/C20H19N3O3/c1-15(4-2-5-16-6-3-11-21-14-16)26-19(24)17-7-9-18(10-8-17)23-13-12-22-20(23)25/h3,6-11,14-15H,4,12-13H2,1H3,(H,22,25). The molecule has 0 spiro atoms. The number of hydrogen-bond donors (Lipinski definition) is 1. The monoisotopic (exact) mass is 349 g/mol. The molecule has 0 radical (unpaired) electrons. The van der Waals surface area contributed by atoms with Crippen molar-refractivity contribution < 1.29 is 14.3 Å². The van der Waals surface area contributed by atoms with Gasteiger partial charge in [0.05, 0.1) is 5.56 Å². The van der Waals surface area contributed by atoms with E-state index in [0.717, 1.165) is 11.3 Å². The molecular formula is C20H19N3O3. The van der Waals surface area contributed by atoms with Crippen molar-refractivity contribution in [2.45, 2.75) is 19.4 Å². The maximum atomic E-state index is 12.2. The summed E-state index contributed by atoms with van der Waals surface area (Å²) in [5.41, 5.74) is 2.03.